The van der Waals surface area contributed by atoms with Crippen LogP contribution in [0.1, 0.15) is 26.5 Å². The number of aromatic nitrogens is 1. The maximum atomic E-state index is 11.8. The summed E-state index contributed by atoms with van der Waals surface area (Å²) in [4.78, 5) is 22.1. The van der Waals surface area contributed by atoms with E-state index in [0.29, 0.717) is 5.69 Å². The predicted octanol–water partition coefficient (Wildman–Crippen LogP) is 2.90. The van der Waals surface area contributed by atoms with Crippen LogP contribution >= 0.6 is 0 Å². The summed E-state index contributed by atoms with van der Waals surface area (Å²) < 4.78 is 10.2. The van der Waals surface area contributed by atoms with E-state index >= 15 is 0 Å². The van der Waals surface area contributed by atoms with Gasteiger partial charge in [0.15, 0.2) is 12.4 Å². The molecule has 0 radical (unpaired) electrons. The molecule has 1 aromatic heterocycles. The fourth-order valence-electron chi connectivity index (χ4n) is 1.73. The lowest BCUT2D eigenvalue weighted by Gasteiger charge is -2.12. The Hall–Kier alpha value is -2.90. The number of ether oxygens (including phenoxy) is 1. The molecule has 1 amide bonds. The summed E-state index contributed by atoms with van der Waals surface area (Å²) in [5.74, 6) is -0.272. The lowest BCUT2D eigenvalue weighted by atomic mass is 9.92. The van der Waals surface area contributed by atoms with Crippen LogP contribution in [-0.2, 0) is 10.2 Å². The van der Waals surface area contributed by atoms with Crippen molar-refractivity contribution in [2.75, 3.05) is 11.9 Å². The molecule has 122 valence electrons. The molecule has 8 nitrogen and oxygen atoms in total. The van der Waals surface area contributed by atoms with Gasteiger partial charge in [-0.05, 0) is 6.07 Å². The molecular formula is C15H17N3O5. The SMILES string of the molecule is CC(C)(C)c1cc(NC(=O)COc2ccccc2[N+](=O)[O-])on1. The summed E-state index contributed by atoms with van der Waals surface area (Å²) in [5.41, 5.74) is 0.301. The van der Waals surface area contributed by atoms with Crippen LogP contribution in [0.2, 0.25) is 0 Å². The molecule has 0 aliphatic heterocycles. The Morgan fingerprint density at radius 2 is 2.09 bits per heavy atom. The van der Waals surface area contributed by atoms with Gasteiger partial charge in [-0.1, -0.05) is 38.1 Å². The number of nitrogens with one attached hydrogen (secondary N) is 1. The number of carbonyl (C=O) groups excluding carboxylic acids is 1. The van der Waals surface area contributed by atoms with E-state index in [1.807, 2.05) is 20.8 Å². The van der Waals surface area contributed by atoms with Crippen LogP contribution in [0.15, 0.2) is 34.9 Å². The van der Waals surface area contributed by atoms with Crippen molar-refractivity contribution >= 4 is 17.5 Å². The summed E-state index contributed by atoms with van der Waals surface area (Å²) >= 11 is 0. The third kappa shape index (κ3) is 4.29. The minimum atomic E-state index is -0.570. The summed E-state index contributed by atoms with van der Waals surface area (Å²) in [6, 6.07) is 7.47. The van der Waals surface area contributed by atoms with Crippen molar-refractivity contribution in [1.29, 1.82) is 0 Å². The number of benzene rings is 1. The molecule has 8 heteroatoms. The monoisotopic (exact) mass is 319 g/mol. The number of rotatable bonds is 5. The van der Waals surface area contributed by atoms with E-state index in [1.165, 1.54) is 18.2 Å². The normalized spacial score (nSPS) is 11.1. The van der Waals surface area contributed by atoms with Crippen LogP contribution < -0.4 is 10.1 Å². The Balaban J connectivity index is 1.96. The van der Waals surface area contributed by atoms with E-state index in [9.17, 15) is 14.9 Å². The second kappa shape index (κ2) is 6.47. The van der Waals surface area contributed by atoms with Crippen molar-refractivity contribution in [1.82, 2.24) is 5.16 Å². The molecule has 0 spiro atoms. The van der Waals surface area contributed by atoms with Gasteiger partial charge in [-0.2, -0.15) is 0 Å². The van der Waals surface area contributed by atoms with E-state index in [2.05, 4.69) is 10.5 Å². The molecule has 1 N–H and O–H groups in total. The highest BCUT2D eigenvalue weighted by molar-refractivity contribution is 5.90. The third-order valence-corrected chi connectivity index (χ3v) is 2.96. The lowest BCUT2D eigenvalue weighted by molar-refractivity contribution is -0.385. The molecule has 0 aliphatic rings. The Labute approximate surface area is 132 Å². The standard InChI is InChI=1S/C15H17N3O5/c1-15(2,3)12-8-14(23-17-12)16-13(19)9-22-11-7-5-4-6-10(11)18(20)21/h4-8H,9H2,1-3H3,(H,16,19). The highest BCUT2D eigenvalue weighted by Crippen LogP contribution is 2.26. The zero-order valence-electron chi connectivity index (χ0n) is 13.0. The van der Waals surface area contributed by atoms with Crippen LogP contribution in [0, 0.1) is 10.1 Å². The van der Waals surface area contributed by atoms with Crippen LogP contribution in [-0.4, -0.2) is 22.6 Å². The number of para-hydroxylation sites is 2. The summed E-state index contributed by atoms with van der Waals surface area (Å²) in [6.45, 7) is 5.52. The number of carbonyl (C=O) groups is 1. The van der Waals surface area contributed by atoms with Gasteiger partial charge in [0, 0.05) is 17.5 Å². The molecule has 23 heavy (non-hydrogen) atoms. The minimum Gasteiger partial charge on any atom is -0.477 e. The Morgan fingerprint density at radius 1 is 1.39 bits per heavy atom. The number of nitro groups is 1. The molecule has 0 fully saturated rings. The lowest BCUT2D eigenvalue weighted by Crippen LogP contribution is -2.20. The van der Waals surface area contributed by atoms with Crippen LogP contribution in [0.4, 0.5) is 11.6 Å². The van der Waals surface area contributed by atoms with Gasteiger partial charge in [0.1, 0.15) is 0 Å². The quantitative estimate of drug-likeness (QED) is 0.670. The summed E-state index contributed by atoms with van der Waals surface area (Å²) in [5, 5.41) is 17.2. The first-order valence-electron chi connectivity index (χ1n) is 6.90. The summed E-state index contributed by atoms with van der Waals surface area (Å²) in [6.07, 6.45) is 0. The van der Waals surface area contributed by atoms with Gasteiger partial charge in [0.05, 0.1) is 10.6 Å². The fraction of sp³-hybridized carbons (Fsp3) is 0.333. The van der Waals surface area contributed by atoms with Crippen molar-refractivity contribution < 1.29 is 19.0 Å². The van der Waals surface area contributed by atoms with E-state index in [4.69, 9.17) is 9.26 Å². The molecule has 0 bridgehead atoms. The highest BCUT2D eigenvalue weighted by atomic mass is 16.6. The van der Waals surface area contributed by atoms with E-state index in [1.54, 1.807) is 12.1 Å². The molecule has 0 atom stereocenters. The van der Waals surface area contributed by atoms with Crippen molar-refractivity contribution in [2.24, 2.45) is 0 Å². The van der Waals surface area contributed by atoms with Gasteiger partial charge in [0.25, 0.3) is 5.91 Å². The largest absolute Gasteiger partial charge is 0.477 e. The van der Waals surface area contributed by atoms with Gasteiger partial charge in [-0.25, -0.2) is 0 Å². The Morgan fingerprint density at radius 3 is 2.70 bits per heavy atom. The number of nitro benzene ring substituents is 1. The Bertz CT molecular complexity index is 718. The second-order valence-corrected chi connectivity index (χ2v) is 5.89. The molecule has 0 aliphatic carbocycles. The first-order chi connectivity index (χ1) is 10.8. The van der Waals surface area contributed by atoms with Crippen molar-refractivity contribution in [3.8, 4) is 5.75 Å². The number of amides is 1. The third-order valence-electron chi connectivity index (χ3n) is 2.96. The van der Waals surface area contributed by atoms with E-state index in [0.717, 1.165) is 0 Å². The van der Waals surface area contributed by atoms with Gasteiger partial charge in [-0.15, -0.1) is 0 Å². The molecule has 0 saturated carbocycles. The molecule has 1 heterocycles. The van der Waals surface area contributed by atoms with Crippen molar-refractivity contribution in [3.63, 3.8) is 0 Å². The molecular weight excluding hydrogens is 302 g/mol. The van der Waals surface area contributed by atoms with E-state index in [-0.39, 0.29) is 29.3 Å². The van der Waals surface area contributed by atoms with Gasteiger partial charge in [0.2, 0.25) is 5.88 Å². The van der Waals surface area contributed by atoms with Crippen molar-refractivity contribution in [3.05, 3.63) is 46.1 Å². The zero-order chi connectivity index (χ0) is 17.0. The second-order valence-electron chi connectivity index (χ2n) is 5.89. The maximum absolute atomic E-state index is 11.8. The smallest absolute Gasteiger partial charge is 0.310 e. The Kier molecular flexibility index (Phi) is 4.63. The number of nitrogens with zero attached hydrogens (tertiary/aromatic N) is 2. The zero-order valence-corrected chi connectivity index (χ0v) is 13.0. The average molecular weight is 319 g/mol. The van der Waals surface area contributed by atoms with Crippen LogP contribution in [0.5, 0.6) is 5.75 Å². The van der Waals surface area contributed by atoms with Gasteiger partial charge in [-0.3, -0.25) is 20.2 Å². The maximum Gasteiger partial charge on any atom is 0.310 e. The van der Waals surface area contributed by atoms with Crippen LogP contribution in [0.3, 0.4) is 0 Å². The number of anilines is 1. The first-order valence-corrected chi connectivity index (χ1v) is 6.90. The molecule has 0 unspecified atom stereocenters. The van der Waals surface area contributed by atoms with Gasteiger partial charge >= 0.3 is 5.69 Å². The molecule has 1 aromatic carbocycles. The topological polar surface area (TPSA) is 108 Å². The molecule has 0 saturated heterocycles. The fourth-order valence-corrected chi connectivity index (χ4v) is 1.73. The minimum absolute atomic E-state index is 0.0283. The van der Waals surface area contributed by atoms with Gasteiger partial charge < -0.3 is 9.26 Å². The summed E-state index contributed by atoms with van der Waals surface area (Å²) in [7, 11) is 0. The first kappa shape index (κ1) is 16.5. The highest BCUT2D eigenvalue weighted by Gasteiger charge is 2.20. The molecule has 2 rings (SSSR count). The van der Waals surface area contributed by atoms with E-state index < -0.39 is 10.8 Å². The average Bonchev–Trinajstić information content (AvgIpc) is 2.94. The number of hydrogen-bond acceptors (Lipinski definition) is 6. The van der Waals surface area contributed by atoms with Crippen LogP contribution in [0.25, 0.3) is 0 Å². The predicted molar refractivity (Wildman–Crippen MR) is 82.4 cm³/mol. The van der Waals surface area contributed by atoms with Crippen molar-refractivity contribution in [2.45, 2.75) is 26.2 Å². The molecule has 2 aromatic rings. The number of hydrogen-bond donors (Lipinski definition) is 1.